The van der Waals surface area contributed by atoms with Gasteiger partial charge in [0.25, 0.3) is 0 Å². The SMILES string of the molecule is CC(C)(CO)NC(C)(CO)CCN. The fourth-order valence-corrected chi connectivity index (χ4v) is 1.36. The van der Waals surface area contributed by atoms with Crippen LogP contribution < -0.4 is 11.1 Å². The molecule has 0 aromatic rings. The van der Waals surface area contributed by atoms with Crippen LogP contribution in [-0.4, -0.2) is 41.0 Å². The van der Waals surface area contributed by atoms with Crippen LogP contribution in [0.3, 0.4) is 0 Å². The van der Waals surface area contributed by atoms with Crippen LogP contribution in [0.25, 0.3) is 0 Å². The van der Waals surface area contributed by atoms with E-state index in [0.29, 0.717) is 13.0 Å². The highest BCUT2D eigenvalue weighted by molar-refractivity contribution is 4.90. The predicted molar refractivity (Wildman–Crippen MR) is 53.5 cm³/mol. The van der Waals surface area contributed by atoms with Gasteiger partial charge in [-0.15, -0.1) is 0 Å². The maximum Gasteiger partial charge on any atom is 0.0611 e. The van der Waals surface area contributed by atoms with Crippen molar-refractivity contribution in [2.24, 2.45) is 5.73 Å². The van der Waals surface area contributed by atoms with Crippen molar-refractivity contribution < 1.29 is 10.2 Å². The molecule has 0 rings (SSSR count). The van der Waals surface area contributed by atoms with Crippen molar-refractivity contribution in [3.63, 3.8) is 0 Å². The molecule has 0 saturated heterocycles. The highest BCUT2D eigenvalue weighted by Gasteiger charge is 2.29. The zero-order valence-electron chi connectivity index (χ0n) is 8.80. The summed E-state index contributed by atoms with van der Waals surface area (Å²) in [6.45, 7) is 6.25. The molecule has 1 atom stereocenters. The Bertz CT molecular complexity index is 151. The molecular formula is C9H22N2O2. The van der Waals surface area contributed by atoms with Gasteiger partial charge in [-0.1, -0.05) is 0 Å². The Morgan fingerprint density at radius 3 is 2.00 bits per heavy atom. The van der Waals surface area contributed by atoms with Gasteiger partial charge >= 0.3 is 0 Å². The van der Waals surface area contributed by atoms with Crippen LogP contribution >= 0.6 is 0 Å². The number of aliphatic hydroxyl groups is 2. The zero-order valence-corrected chi connectivity index (χ0v) is 8.80. The summed E-state index contributed by atoms with van der Waals surface area (Å²) in [5, 5.41) is 21.4. The van der Waals surface area contributed by atoms with Crippen molar-refractivity contribution in [2.75, 3.05) is 19.8 Å². The smallest absolute Gasteiger partial charge is 0.0611 e. The molecule has 5 N–H and O–H groups in total. The largest absolute Gasteiger partial charge is 0.394 e. The summed E-state index contributed by atoms with van der Waals surface area (Å²) in [6, 6.07) is 0. The lowest BCUT2D eigenvalue weighted by molar-refractivity contribution is 0.0999. The highest BCUT2D eigenvalue weighted by Crippen LogP contribution is 2.13. The summed E-state index contributed by atoms with van der Waals surface area (Å²) in [4.78, 5) is 0. The van der Waals surface area contributed by atoms with Crippen molar-refractivity contribution in [3.05, 3.63) is 0 Å². The summed E-state index contributed by atoms with van der Waals surface area (Å²) >= 11 is 0. The summed E-state index contributed by atoms with van der Waals surface area (Å²) in [5.41, 5.74) is 4.65. The van der Waals surface area contributed by atoms with Crippen molar-refractivity contribution in [1.29, 1.82) is 0 Å². The fraction of sp³-hybridized carbons (Fsp3) is 1.00. The molecule has 4 nitrogen and oxygen atoms in total. The van der Waals surface area contributed by atoms with Crippen LogP contribution in [0, 0.1) is 0 Å². The van der Waals surface area contributed by atoms with E-state index in [9.17, 15) is 5.11 Å². The van der Waals surface area contributed by atoms with Crippen molar-refractivity contribution in [3.8, 4) is 0 Å². The van der Waals surface area contributed by atoms with E-state index in [1.165, 1.54) is 0 Å². The molecular weight excluding hydrogens is 168 g/mol. The normalized spacial score (nSPS) is 17.1. The number of hydrogen-bond acceptors (Lipinski definition) is 4. The summed E-state index contributed by atoms with van der Waals surface area (Å²) in [6.07, 6.45) is 0.687. The van der Waals surface area contributed by atoms with Gasteiger partial charge in [0.15, 0.2) is 0 Å². The Kier molecular flexibility index (Phi) is 4.85. The molecule has 13 heavy (non-hydrogen) atoms. The number of rotatable bonds is 6. The minimum atomic E-state index is -0.402. The van der Waals surface area contributed by atoms with E-state index in [1.807, 2.05) is 20.8 Å². The lowest BCUT2D eigenvalue weighted by atomic mass is 9.94. The Hall–Kier alpha value is -0.160. The van der Waals surface area contributed by atoms with Crippen molar-refractivity contribution >= 4 is 0 Å². The molecule has 0 heterocycles. The van der Waals surface area contributed by atoms with Gasteiger partial charge in [0.1, 0.15) is 0 Å². The number of nitrogens with one attached hydrogen (secondary N) is 1. The maximum absolute atomic E-state index is 9.18. The highest BCUT2D eigenvalue weighted by atomic mass is 16.3. The third kappa shape index (κ3) is 4.57. The molecule has 0 spiro atoms. The van der Waals surface area contributed by atoms with Gasteiger partial charge in [-0.25, -0.2) is 0 Å². The number of hydrogen-bond donors (Lipinski definition) is 4. The molecule has 0 saturated carbocycles. The molecule has 80 valence electrons. The Balaban J connectivity index is 4.25. The standard InChI is InChI=1S/C9H22N2O2/c1-8(2,6-12)11-9(3,7-13)4-5-10/h11-13H,4-7,10H2,1-3H3. The van der Waals surface area contributed by atoms with E-state index in [-0.39, 0.29) is 18.8 Å². The minimum absolute atomic E-state index is 0.0215. The van der Waals surface area contributed by atoms with Crippen molar-refractivity contribution in [2.45, 2.75) is 38.3 Å². The van der Waals surface area contributed by atoms with E-state index in [4.69, 9.17) is 10.8 Å². The maximum atomic E-state index is 9.18. The van der Waals surface area contributed by atoms with Gasteiger partial charge in [0.2, 0.25) is 0 Å². The van der Waals surface area contributed by atoms with Gasteiger partial charge in [-0.3, -0.25) is 0 Å². The third-order valence-electron chi connectivity index (χ3n) is 2.08. The van der Waals surface area contributed by atoms with Crippen LogP contribution in [0.1, 0.15) is 27.2 Å². The first-order chi connectivity index (χ1) is 5.89. The first kappa shape index (κ1) is 12.8. The number of nitrogens with two attached hydrogens (primary N) is 1. The first-order valence-corrected chi connectivity index (χ1v) is 4.60. The van der Waals surface area contributed by atoms with E-state index < -0.39 is 5.54 Å². The van der Waals surface area contributed by atoms with Crippen molar-refractivity contribution in [1.82, 2.24) is 5.32 Å². The molecule has 1 unspecified atom stereocenters. The van der Waals surface area contributed by atoms with Gasteiger partial charge in [-0.05, 0) is 33.7 Å². The zero-order chi connectivity index (χ0) is 10.5. The number of aliphatic hydroxyl groups excluding tert-OH is 2. The molecule has 4 heteroatoms. The van der Waals surface area contributed by atoms with E-state index in [1.54, 1.807) is 0 Å². The molecule has 0 bridgehead atoms. The summed E-state index contributed by atoms with van der Waals surface area (Å²) < 4.78 is 0. The molecule has 0 aromatic heterocycles. The van der Waals surface area contributed by atoms with E-state index in [2.05, 4.69) is 5.32 Å². The van der Waals surface area contributed by atoms with E-state index in [0.717, 1.165) is 0 Å². The van der Waals surface area contributed by atoms with Crippen LogP contribution in [0.15, 0.2) is 0 Å². The predicted octanol–water partition coefficient (Wildman–Crippen LogP) is -0.553. The van der Waals surface area contributed by atoms with Crippen LogP contribution in [0.5, 0.6) is 0 Å². The Morgan fingerprint density at radius 1 is 1.15 bits per heavy atom. The minimum Gasteiger partial charge on any atom is -0.394 e. The third-order valence-corrected chi connectivity index (χ3v) is 2.08. The van der Waals surface area contributed by atoms with Gasteiger partial charge in [-0.2, -0.15) is 0 Å². The molecule has 0 aliphatic rings. The molecule has 0 radical (unpaired) electrons. The first-order valence-electron chi connectivity index (χ1n) is 4.60. The second-order valence-electron chi connectivity index (χ2n) is 4.42. The molecule has 0 aliphatic carbocycles. The summed E-state index contributed by atoms with van der Waals surface area (Å²) in [5.74, 6) is 0. The van der Waals surface area contributed by atoms with Gasteiger partial charge in [0, 0.05) is 11.1 Å². The molecule has 0 aromatic carbocycles. The summed E-state index contributed by atoms with van der Waals surface area (Å²) in [7, 11) is 0. The van der Waals surface area contributed by atoms with Gasteiger partial charge in [0.05, 0.1) is 13.2 Å². The molecule has 0 fully saturated rings. The monoisotopic (exact) mass is 190 g/mol. The topological polar surface area (TPSA) is 78.5 Å². The van der Waals surface area contributed by atoms with E-state index >= 15 is 0 Å². The van der Waals surface area contributed by atoms with Crippen LogP contribution in [0.2, 0.25) is 0 Å². The van der Waals surface area contributed by atoms with Gasteiger partial charge < -0.3 is 21.3 Å². The lowest BCUT2D eigenvalue weighted by Gasteiger charge is -2.37. The lowest BCUT2D eigenvalue weighted by Crippen LogP contribution is -2.58. The Labute approximate surface area is 80.1 Å². The average Bonchev–Trinajstić information content (AvgIpc) is 2.04. The second-order valence-corrected chi connectivity index (χ2v) is 4.42. The Morgan fingerprint density at radius 2 is 1.69 bits per heavy atom. The second kappa shape index (κ2) is 4.91. The fourth-order valence-electron chi connectivity index (χ4n) is 1.36. The quantitative estimate of drug-likeness (QED) is 0.453. The van der Waals surface area contributed by atoms with Crippen LogP contribution in [0.4, 0.5) is 0 Å². The average molecular weight is 190 g/mol. The molecule has 0 amide bonds. The molecule has 0 aliphatic heterocycles. The van der Waals surface area contributed by atoms with Crippen LogP contribution in [-0.2, 0) is 0 Å².